The summed E-state index contributed by atoms with van der Waals surface area (Å²) >= 11 is 0. The van der Waals surface area contributed by atoms with Crippen LogP contribution in [0.4, 0.5) is 0 Å². The molecule has 0 atom stereocenters. The maximum atomic E-state index is 8.54. The number of hydrogen-bond donors (Lipinski definition) is 0. The summed E-state index contributed by atoms with van der Waals surface area (Å²) in [6, 6.07) is 0.272. The van der Waals surface area contributed by atoms with Crippen LogP contribution in [-0.2, 0) is 0 Å². The van der Waals surface area contributed by atoms with Crippen LogP contribution in [0.15, 0.2) is 18.1 Å². The van der Waals surface area contributed by atoms with E-state index in [4.69, 9.17) is 12.1 Å². The van der Waals surface area contributed by atoms with Crippen molar-refractivity contribution in [3.8, 4) is 6.07 Å². The first-order valence-corrected chi connectivity index (χ1v) is 2.21. The Labute approximate surface area is 60.8 Å². The molecule has 2 heteroatoms. The van der Waals surface area contributed by atoms with E-state index in [-0.39, 0.29) is 11.4 Å². The summed E-state index contributed by atoms with van der Waals surface area (Å²) < 4.78 is 35.9. The van der Waals surface area contributed by atoms with E-state index in [0.29, 0.717) is 0 Å². The first-order chi connectivity index (χ1) is 6.49. The Hall–Kier alpha value is -1.36. The van der Waals surface area contributed by atoms with Crippen molar-refractivity contribution in [2.45, 2.75) is 6.88 Å². The molecule has 1 aromatic heterocycles. The molecule has 0 aliphatic carbocycles. The first-order valence-electron chi connectivity index (χ1n) is 4.86. The van der Waals surface area contributed by atoms with Gasteiger partial charge in [0.15, 0.2) is 0 Å². The maximum absolute atomic E-state index is 8.54. The number of aromatic nitrogens is 1. The van der Waals surface area contributed by atoms with Crippen LogP contribution >= 0.6 is 0 Å². The summed E-state index contributed by atoms with van der Waals surface area (Å²) in [5.74, 6) is 0. The number of rotatable bonds is 0. The zero-order chi connectivity index (χ0) is 10.9. The molecule has 0 unspecified atom stereocenters. The maximum Gasteiger partial charge on any atom is 0.140 e. The number of nitriles is 1. The number of aryl methyl sites for hydroxylation is 1. The van der Waals surface area contributed by atoms with Crippen molar-refractivity contribution in [1.29, 1.82) is 5.26 Å². The molecule has 0 bridgehead atoms. The fraction of sp³-hybridized carbons (Fsp3) is 0.143. The standard InChI is InChI=1S/C7H6N2/c1-6-3-2-4-7(5-8)9-6/h2-4H,1H3/i1T2,2T,3T,4T. The fourth-order valence-electron chi connectivity index (χ4n) is 0.384. The van der Waals surface area contributed by atoms with Crippen molar-refractivity contribution in [1.82, 2.24) is 4.98 Å². The lowest BCUT2D eigenvalue weighted by molar-refractivity contribution is 1.17. The third-order valence-corrected chi connectivity index (χ3v) is 0.710. The van der Waals surface area contributed by atoms with E-state index in [0.717, 1.165) is 0 Å². The van der Waals surface area contributed by atoms with E-state index in [1.165, 1.54) is 0 Å². The number of hydrogen-bond acceptors (Lipinski definition) is 2. The number of nitrogens with zero attached hydrogens (tertiary/aromatic N) is 2. The van der Waals surface area contributed by atoms with Crippen LogP contribution in [-0.4, -0.2) is 4.98 Å². The second-order valence-corrected chi connectivity index (χ2v) is 1.33. The predicted octanol–water partition coefficient (Wildman–Crippen LogP) is 1.26. The summed E-state index contributed by atoms with van der Waals surface area (Å²) in [4.78, 5) is 3.52. The minimum Gasteiger partial charge on any atom is -0.242 e. The van der Waals surface area contributed by atoms with E-state index in [2.05, 4.69) is 4.98 Å². The normalized spacial score (nSPS) is 16.7. The van der Waals surface area contributed by atoms with Gasteiger partial charge in [-0.05, 0) is 19.0 Å². The van der Waals surface area contributed by atoms with E-state index in [1.54, 1.807) is 6.07 Å². The largest absolute Gasteiger partial charge is 0.242 e. The molecule has 0 amide bonds. The van der Waals surface area contributed by atoms with Crippen molar-refractivity contribution in [2.75, 3.05) is 0 Å². The van der Waals surface area contributed by atoms with Gasteiger partial charge in [-0.25, -0.2) is 4.98 Å². The molecule has 1 aromatic rings. The zero-order valence-corrected chi connectivity index (χ0v) is 4.47. The van der Waals surface area contributed by atoms with Crippen LogP contribution in [0.3, 0.4) is 0 Å². The number of pyridine rings is 1. The van der Waals surface area contributed by atoms with Gasteiger partial charge in [-0.3, -0.25) is 0 Å². The molecule has 1 rings (SSSR count). The van der Waals surface area contributed by atoms with Gasteiger partial charge in [0.1, 0.15) is 11.8 Å². The van der Waals surface area contributed by atoms with Crippen molar-refractivity contribution in [2.24, 2.45) is 0 Å². The van der Waals surface area contributed by atoms with Gasteiger partial charge in [-0.1, -0.05) is 6.04 Å². The molecule has 0 aromatic carbocycles. The molecule has 0 saturated heterocycles. The van der Waals surface area contributed by atoms with Gasteiger partial charge in [0.2, 0.25) is 0 Å². The topological polar surface area (TPSA) is 36.7 Å². The lowest BCUT2D eigenvalue weighted by atomic mass is 10.3. The molecule has 44 valence electrons. The highest BCUT2D eigenvalue weighted by Gasteiger charge is 1.87. The Kier molecular flexibility index (Phi) is 0.532. The lowest BCUT2D eigenvalue weighted by Crippen LogP contribution is -1.83. The van der Waals surface area contributed by atoms with Crippen LogP contribution in [0.1, 0.15) is 18.2 Å². The third kappa shape index (κ3) is 1.26. The highest BCUT2D eigenvalue weighted by atomic mass is 14.7. The van der Waals surface area contributed by atoms with E-state index in [9.17, 15) is 0 Å². The minimum absolute atomic E-state index is 0.262. The summed E-state index contributed by atoms with van der Waals surface area (Å²) in [7, 11) is 0. The van der Waals surface area contributed by atoms with Gasteiger partial charge in [-0.2, -0.15) is 5.26 Å². The highest BCUT2D eigenvalue weighted by Crippen LogP contribution is 1.94. The summed E-state index contributed by atoms with van der Waals surface area (Å²) in [5.41, 5.74) is -0.576. The minimum atomic E-state index is -1.51. The Balaban J connectivity index is 3.50. The van der Waals surface area contributed by atoms with Crippen LogP contribution in [0.25, 0.3) is 0 Å². The summed E-state index contributed by atoms with van der Waals surface area (Å²) in [6.45, 7) is -1.51. The van der Waals surface area contributed by atoms with Gasteiger partial charge in [0, 0.05) is 8.44 Å². The SMILES string of the molecule is [3H]c1c(C#N)nc(C([3H])[3H])c([3H])c1[3H]. The molecular formula is C7H6N2. The molecule has 9 heavy (non-hydrogen) atoms. The molecule has 0 aliphatic heterocycles. The second-order valence-electron chi connectivity index (χ2n) is 1.33. The fourth-order valence-corrected chi connectivity index (χ4v) is 0.384. The van der Waals surface area contributed by atoms with Gasteiger partial charge in [0.05, 0.1) is 4.11 Å². The summed E-state index contributed by atoms with van der Waals surface area (Å²) in [5, 5.41) is 8.54. The molecule has 0 saturated carbocycles. The van der Waals surface area contributed by atoms with E-state index < -0.39 is 25.0 Å². The average Bonchev–Trinajstić information content (AvgIpc) is 2.14. The summed E-state index contributed by atoms with van der Waals surface area (Å²) in [6.07, 6.45) is 0. The molecule has 1 heterocycles. The van der Waals surface area contributed by atoms with Gasteiger partial charge in [0.25, 0.3) is 0 Å². The molecule has 0 spiro atoms. The third-order valence-electron chi connectivity index (χ3n) is 0.710. The first kappa shape index (κ1) is 2.11. The average molecular weight is 128 g/mol. The van der Waals surface area contributed by atoms with Gasteiger partial charge < -0.3 is 0 Å². The quantitative estimate of drug-likeness (QED) is 0.527. The van der Waals surface area contributed by atoms with Crippen LogP contribution in [0.2, 0.25) is 0 Å². The monoisotopic (exact) mass is 128 g/mol. The van der Waals surface area contributed by atoms with Gasteiger partial charge in [-0.15, -0.1) is 0 Å². The molecule has 0 fully saturated rings. The zero-order valence-electron chi connectivity index (χ0n) is 9.47. The predicted molar refractivity (Wildman–Crippen MR) is 33.7 cm³/mol. The highest BCUT2D eigenvalue weighted by molar-refractivity contribution is 5.21. The van der Waals surface area contributed by atoms with Crippen molar-refractivity contribution < 1.29 is 6.85 Å². The Bertz CT molecular complexity index is 410. The van der Waals surface area contributed by atoms with Crippen LogP contribution < -0.4 is 0 Å². The van der Waals surface area contributed by atoms with E-state index >= 15 is 0 Å². The Morgan fingerprint density at radius 3 is 3.44 bits per heavy atom. The molecule has 2 nitrogen and oxygen atoms in total. The smallest absolute Gasteiger partial charge is 0.140 e. The molecule has 0 aliphatic rings. The van der Waals surface area contributed by atoms with Crippen molar-refractivity contribution >= 4 is 0 Å². The van der Waals surface area contributed by atoms with Crippen LogP contribution in [0.5, 0.6) is 0 Å². The molecule has 0 N–H and O–H groups in total. The van der Waals surface area contributed by atoms with Crippen LogP contribution in [0, 0.1) is 18.2 Å². The van der Waals surface area contributed by atoms with Crippen molar-refractivity contribution in [3.63, 3.8) is 0 Å². The van der Waals surface area contributed by atoms with E-state index in [1.807, 2.05) is 0 Å². The van der Waals surface area contributed by atoms with Crippen molar-refractivity contribution in [3.05, 3.63) is 29.5 Å². The Morgan fingerprint density at radius 2 is 2.78 bits per heavy atom. The second kappa shape index (κ2) is 2.27. The lowest BCUT2D eigenvalue weighted by Gasteiger charge is -1.88. The molecular weight excluding hydrogens is 112 g/mol. The Morgan fingerprint density at radius 1 is 1.89 bits per heavy atom. The van der Waals surface area contributed by atoms with Gasteiger partial charge >= 0.3 is 0 Å². The molecule has 0 radical (unpaired) electrons.